The average Bonchev–Trinajstić information content (AvgIpc) is 3.86. The molecule has 12 aromatic rings. The Morgan fingerprint density at radius 2 is 0.803 bits per heavy atom. The number of hydrogen-bond donors (Lipinski definition) is 0. The fourth-order valence-corrected chi connectivity index (χ4v) is 10.5. The van der Waals surface area contributed by atoms with Gasteiger partial charge in [-0.2, -0.15) is 0 Å². The Bertz CT molecular complexity index is 3750. The second-order valence-corrected chi connectivity index (χ2v) is 18.1. The maximum absolute atomic E-state index is 7.08. The molecular weight excluding hydrogens is 805 g/mol. The number of rotatable bonds is 7. The molecule has 0 spiro atoms. The van der Waals surface area contributed by atoms with E-state index in [2.05, 4.69) is 233 Å². The van der Waals surface area contributed by atoms with Gasteiger partial charge in [0.05, 0.1) is 11.4 Å². The first-order chi connectivity index (χ1) is 32.2. The molecule has 0 saturated carbocycles. The molecule has 0 aliphatic rings. The lowest BCUT2D eigenvalue weighted by Crippen LogP contribution is -2.14. The summed E-state index contributed by atoms with van der Waals surface area (Å²) >= 11 is 0. The average molecular weight is 853 g/mol. The molecule has 66 heavy (non-hydrogen) atoms. The monoisotopic (exact) mass is 852 g/mol. The molecule has 0 aliphatic carbocycles. The molecule has 0 fully saturated rings. The highest BCUT2D eigenvalue weighted by Crippen LogP contribution is 2.48. The normalized spacial score (nSPS) is 11.8. The van der Waals surface area contributed by atoms with Crippen molar-refractivity contribution in [2.24, 2.45) is 0 Å². The summed E-state index contributed by atoms with van der Waals surface area (Å²) in [6.07, 6.45) is 0. The summed E-state index contributed by atoms with van der Waals surface area (Å²) in [7, 11) is 0. The van der Waals surface area contributed by atoms with Gasteiger partial charge in [0.2, 0.25) is 0 Å². The summed E-state index contributed by atoms with van der Waals surface area (Å²) in [5.74, 6) is 0. The van der Waals surface area contributed by atoms with Crippen LogP contribution >= 0.6 is 0 Å². The van der Waals surface area contributed by atoms with Crippen LogP contribution in [0.1, 0.15) is 33.4 Å². The number of fused-ring (bicyclic) bond motifs is 8. The summed E-state index contributed by atoms with van der Waals surface area (Å²) < 4.78 is 14.0. The zero-order valence-electron chi connectivity index (χ0n) is 38.0. The van der Waals surface area contributed by atoms with Crippen LogP contribution in [-0.2, 0) is 0 Å². The Kier molecular flexibility index (Phi) is 9.15. The van der Waals surface area contributed by atoms with Crippen molar-refractivity contribution in [2.75, 3.05) is 9.80 Å². The molecule has 2 aromatic heterocycles. The minimum absolute atomic E-state index is 0.838. The van der Waals surface area contributed by atoms with Gasteiger partial charge >= 0.3 is 0 Å². The molecule has 4 heteroatoms. The number of nitrogens with zero attached hydrogens (tertiary/aromatic N) is 2. The van der Waals surface area contributed by atoms with Crippen LogP contribution in [0.5, 0.6) is 0 Å². The van der Waals surface area contributed by atoms with Gasteiger partial charge in [0.15, 0.2) is 0 Å². The number of furan rings is 2. The van der Waals surface area contributed by atoms with E-state index in [1.165, 1.54) is 44.8 Å². The lowest BCUT2D eigenvalue weighted by molar-refractivity contribution is 0.665. The summed E-state index contributed by atoms with van der Waals surface area (Å²) in [5.41, 5.74) is 19.8. The van der Waals surface area contributed by atoms with E-state index in [1.54, 1.807) is 0 Å². The molecule has 0 amide bonds. The van der Waals surface area contributed by atoms with Gasteiger partial charge in [-0.3, -0.25) is 0 Å². The van der Waals surface area contributed by atoms with Gasteiger partial charge < -0.3 is 18.6 Å². The largest absolute Gasteiger partial charge is 0.456 e. The maximum atomic E-state index is 7.08. The Balaban J connectivity index is 1.05. The molecular formula is C62H48N2O2. The lowest BCUT2D eigenvalue weighted by Gasteiger charge is -2.30. The third-order valence-electron chi connectivity index (χ3n) is 13.7. The lowest BCUT2D eigenvalue weighted by atomic mass is 9.95. The molecule has 0 saturated heterocycles. The second kappa shape index (κ2) is 15.3. The van der Waals surface area contributed by atoms with E-state index in [4.69, 9.17) is 8.83 Å². The third kappa shape index (κ3) is 6.28. The van der Waals surface area contributed by atoms with E-state index in [-0.39, 0.29) is 0 Å². The van der Waals surface area contributed by atoms with Crippen molar-refractivity contribution in [3.8, 4) is 11.1 Å². The van der Waals surface area contributed by atoms with Crippen molar-refractivity contribution in [3.05, 3.63) is 215 Å². The number of aryl methyl sites for hydroxylation is 6. The Morgan fingerprint density at radius 1 is 0.333 bits per heavy atom. The third-order valence-corrected chi connectivity index (χ3v) is 13.7. The number of hydrogen-bond acceptors (Lipinski definition) is 4. The van der Waals surface area contributed by atoms with Crippen molar-refractivity contribution in [1.82, 2.24) is 0 Å². The van der Waals surface area contributed by atoms with E-state index < -0.39 is 0 Å². The molecule has 0 atom stereocenters. The van der Waals surface area contributed by atoms with E-state index in [9.17, 15) is 0 Å². The second-order valence-electron chi connectivity index (χ2n) is 18.1. The highest BCUT2D eigenvalue weighted by molar-refractivity contribution is 6.25. The first kappa shape index (κ1) is 39.5. The fraction of sp³-hybridized carbons (Fsp3) is 0.0968. The van der Waals surface area contributed by atoms with Gasteiger partial charge in [0.25, 0.3) is 0 Å². The molecule has 0 unspecified atom stereocenters. The number of anilines is 6. The van der Waals surface area contributed by atoms with Gasteiger partial charge in [-0.15, -0.1) is 0 Å². The highest BCUT2D eigenvalue weighted by atomic mass is 16.3. The Morgan fingerprint density at radius 3 is 1.33 bits per heavy atom. The topological polar surface area (TPSA) is 32.8 Å². The predicted octanol–water partition coefficient (Wildman–Crippen LogP) is 18.2. The van der Waals surface area contributed by atoms with E-state index in [1.807, 2.05) is 0 Å². The first-order valence-electron chi connectivity index (χ1n) is 22.8. The molecule has 10 aromatic carbocycles. The predicted molar refractivity (Wildman–Crippen MR) is 279 cm³/mol. The standard InChI is InChI=1S/C62H48N2O2/c1-37-16-10-12-24-53(37)63(60-39(3)18-14-19-40(60)4)48-28-26-44-32-50-51-36-57-59(58(43-22-8-7-9-23-43)62(51)66-55(50)34-46(44)30-48)52-33-45-27-29-49(31-47(45)35-56(52)65-57)64(54-25-13-11-17-38(54)2)61-41(5)20-15-21-42(61)6/h7-36H,1-6H3. The minimum atomic E-state index is 0.838. The van der Waals surface area contributed by atoms with E-state index in [0.29, 0.717) is 0 Å². The van der Waals surface area contributed by atoms with Gasteiger partial charge in [-0.05, 0) is 169 Å². The molecule has 0 bridgehead atoms. The van der Waals surface area contributed by atoms with Gasteiger partial charge in [0, 0.05) is 49.9 Å². The summed E-state index contributed by atoms with van der Waals surface area (Å²) in [6.45, 7) is 13.2. The van der Waals surface area contributed by atoms with Crippen molar-refractivity contribution in [3.63, 3.8) is 0 Å². The minimum Gasteiger partial charge on any atom is -0.456 e. The Labute approximate surface area is 384 Å². The molecule has 2 heterocycles. The van der Waals surface area contributed by atoms with Gasteiger partial charge in [0.1, 0.15) is 22.3 Å². The highest BCUT2D eigenvalue weighted by Gasteiger charge is 2.24. The molecule has 4 nitrogen and oxygen atoms in total. The summed E-state index contributed by atoms with van der Waals surface area (Å²) in [4.78, 5) is 4.82. The van der Waals surface area contributed by atoms with Crippen molar-refractivity contribution in [2.45, 2.75) is 41.5 Å². The number of benzene rings is 10. The quantitative estimate of drug-likeness (QED) is 0.160. The van der Waals surface area contributed by atoms with Crippen LogP contribution in [0.2, 0.25) is 0 Å². The Hall–Kier alpha value is -8.08. The van der Waals surface area contributed by atoms with Crippen LogP contribution in [0.3, 0.4) is 0 Å². The maximum Gasteiger partial charge on any atom is 0.144 e. The number of para-hydroxylation sites is 4. The first-order valence-corrected chi connectivity index (χ1v) is 22.8. The van der Waals surface area contributed by atoms with Gasteiger partial charge in [-0.25, -0.2) is 0 Å². The van der Waals surface area contributed by atoms with Crippen molar-refractivity contribution < 1.29 is 8.83 Å². The van der Waals surface area contributed by atoms with Crippen LogP contribution in [0.15, 0.2) is 191 Å². The molecule has 0 N–H and O–H groups in total. The SMILES string of the molecule is Cc1ccccc1N(c1ccc2cc3c(cc2c1)oc1c(-c2ccccc2)c2c(cc13)oc1cc3cc(N(c4ccccc4C)c4c(C)cccc4C)ccc3cc12)c1c(C)cccc1C. The van der Waals surface area contributed by atoms with Crippen LogP contribution in [0.4, 0.5) is 34.1 Å². The van der Waals surface area contributed by atoms with E-state index >= 15 is 0 Å². The molecule has 0 radical (unpaired) electrons. The zero-order chi connectivity index (χ0) is 44.8. The molecule has 318 valence electrons. The smallest absolute Gasteiger partial charge is 0.144 e. The van der Waals surface area contributed by atoms with E-state index in [0.717, 1.165) is 99.3 Å². The summed E-state index contributed by atoms with van der Waals surface area (Å²) in [5, 5.41) is 8.74. The summed E-state index contributed by atoms with van der Waals surface area (Å²) in [6, 6.07) is 65.8. The van der Waals surface area contributed by atoms with Crippen LogP contribution in [0, 0.1) is 41.5 Å². The molecule has 0 aliphatic heterocycles. The van der Waals surface area contributed by atoms with Crippen LogP contribution in [-0.4, -0.2) is 0 Å². The van der Waals surface area contributed by atoms with Crippen LogP contribution in [0.25, 0.3) is 76.5 Å². The van der Waals surface area contributed by atoms with Crippen LogP contribution < -0.4 is 9.80 Å². The molecule has 12 rings (SSSR count). The van der Waals surface area contributed by atoms with Crippen molar-refractivity contribution in [1.29, 1.82) is 0 Å². The van der Waals surface area contributed by atoms with Crippen molar-refractivity contribution >= 4 is 99.5 Å². The zero-order valence-corrected chi connectivity index (χ0v) is 38.0. The van der Waals surface area contributed by atoms with Gasteiger partial charge in [-0.1, -0.05) is 115 Å². The fourth-order valence-electron chi connectivity index (χ4n) is 10.5.